The summed E-state index contributed by atoms with van der Waals surface area (Å²) in [6.07, 6.45) is 7.06. The summed E-state index contributed by atoms with van der Waals surface area (Å²) >= 11 is 0. The van der Waals surface area contributed by atoms with E-state index in [0.29, 0.717) is 30.4 Å². The van der Waals surface area contributed by atoms with Gasteiger partial charge in [-0.05, 0) is 67.1 Å². The minimum atomic E-state index is -0.301. The van der Waals surface area contributed by atoms with Gasteiger partial charge in [0.15, 0.2) is 5.69 Å². The highest BCUT2D eigenvalue weighted by Crippen LogP contribution is 2.28. The molecule has 3 aromatic rings. The molecule has 1 amide bonds. The number of carbonyl (C=O) groups is 1. The molecule has 1 saturated heterocycles. The number of aromatic nitrogens is 4. The molecule has 27 heavy (non-hydrogen) atoms. The Morgan fingerprint density at radius 3 is 2.59 bits per heavy atom. The van der Waals surface area contributed by atoms with Gasteiger partial charge in [-0.1, -0.05) is 5.21 Å². The minimum Gasteiger partial charge on any atom is -0.337 e. The van der Waals surface area contributed by atoms with Crippen LogP contribution < -0.4 is 0 Å². The van der Waals surface area contributed by atoms with Crippen molar-refractivity contribution in [1.29, 1.82) is 0 Å². The van der Waals surface area contributed by atoms with Crippen molar-refractivity contribution in [3.05, 3.63) is 71.6 Å². The number of hydrogen-bond acceptors (Lipinski definition) is 4. The number of piperidine rings is 1. The molecule has 4 rings (SSSR count). The number of halogens is 1. The zero-order valence-electron chi connectivity index (χ0n) is 15.0. The summed E-state index contributed by atoms with van der Waals surface area (Å²) < 4.78 is 14.8. The summed E-state index contributed by atoms with van der Waals surface area (Å²) in [6.45, 7) is 3.17. The maximum absolute atomic E-state index is 13.3. The van der Waals surface area contributed by atoms with Crippen molar-refractivity contribution in [1.82, 2.24) is 24.9 Å². The van der Waals surface area contributed by atoms with Crippen molar-refractivity contribution >= 4 is 5.91 Å². The van der Waals surface area contributed by atoms with Gasteiger partial charge in [-0.2, -0.15) is 0 Å². The Labute approximate surface area is 156 Å². The zero-order chi connectivity index (χ0) is 18.8. The van der Waals surface area contributed by atoms with Crippen LogP contribution >= 0.6 is 0 Å². The molecular weight excluding hydrogens is 345 g/mol. The van der Waals surface area contributed by atoms with Gasteiger partial charge < -0.3 is 4.90 Å². The van der Waals surface area contributed by atoms with Crippen LogP contribution in [0.2, 0.25) is 0 Å². The molecule has 0 atom stereocenters. The number of carbonyl (C=O) groups excluding carboxylic acids is 1. The van der Waals surface area contributed by atoms with E-state index in [1.807, 2.05) is 29.4 Å². The third-order valence-electron chi connectivity index (χ3n) is 5.08. The van der Waals surface area contributed by atoms with Crippen molar-refractivity contribution < 1.29 is 9.18 Å². The summed E-state index contributed by atoms with van der Waals surface area (Å²) in [5.41, 5.74) is 3.02. The SMILES string of the molecule is Cc1cc(F)ccc1-n1cc(C(=O)N2CCC(c3ccncc3)CC2)nn1. The number of amides is 1. The predicted molar refractivity (Wildman–Crippen MR) is 98.2 cm³/mol. The number of likely N-dealkylation sites (tertiary alicyclic amines) is 1. The van der Waals surface area contributed by atoms with Crippen molar-refractivity contribution in [3.8, 4) is 5.69 Å². The van der Waals surface area contributed by atoms with Gasteiger partial charge in [0.25, 0.3) is 5.91 Å². The van der Waals surface area contributed by atoms with Crippen LogP contribution in [0.4, 0.5) is 4.39 Å². The van der Waals surface area contributed by atoms with Gasteiger partial charge in [-0.3, -0.25) is 9.78 Å². The minimum absolute atomic E-state index is 0.116. The molecule has 1 aromatic carbocycles. The first kappa shape index (κ1) is 17.3. The van der Waals surface area contributed by atoms with Gasteiger partial charge in [-0.15, -0.1) is 5.10 Å². The Kier molecular flexibility index (Phi) is 4.66. The van der Waals surface area contributed by atoms with Crippen LogP contribution in [0.15, 0.2) is 48.9 Å². The van der Waals surface area contributed by atoms with Crippen LogP contribution in [-0.2, 0) is 0 Å². The molecule has 1 fully saturated rings. The molecule has 0 saturated carbocycles. The van der Waals surface area contributed by atoms with Crippen LogP contribution in [0.25, 0.3) is 5.69 Å². The second-order valence-corrected chi connectivity index (χ2v) is 6.83. The average Bonchev–Trinajstić information content (AvgIpc) is 3.18. The molecule has 6 nitrogen and oxygen atoms in total. The molecule has 0 aliphatic carbocycles. The number of aryl methyl sites for hydroxylation is 1. The molecule has 1 aliphatic rings. The molecule has 2 aromatic heterocycles. The van der Waals surface area contributed by atoms with Crippen molar-refractivity contribution in [2.75, 3.05) is 13.1 Å². The topological polar surface area (TPSA) is 63.9 Å². The van der Waals surface area contributed by atoms with Crippen LogP contribution in [-0.4, -0.2) is 43.9 Å². The Balaban J connectivity index is 1.44. The first-order chi connectivity index (χ1) is 13.1. The first-order valence-corrected chi connectivity index (χ1v) is 9.00. The van der Waals surface area contributed by atoms with Crippen molar-refractivity contribution in [2.45, 2.75) is 25.7 Å². The van der Waals surface area contributed by atoms with E-state index in [0.717, 1.165) is 18.4 Å². The zero-order valence-corrected chi connectivity index (χ0v) is 15.0. The molecule has 0 N–H and O–H groups in total. The standard InChI is InChI=1S/C20H20FN5O/c1-14-12-17(21)2-3-19(14)26-13-18(23-24-26)20(27)25-10-6-16(7-11-25)15-4-8-22-9-5-15/h2-5,8-9,12-13,16H,6-7,10-11H2,1H3. The number of nitrogens with zero attached hydrogens (tertiary/aromatic N) is 5. The van der Waals surface area contributed by atoms with Crippen LogP contribution in [0.1, 0.15) is 40.4 Å². The number of hydrogen-bond donors (Lipinski definition) is 0. The highest BCUT2D eigenvalue weighted by molar-refractivity contribution is 5.92. The van der Waals surface area contributed by atoms with E-state index in [1.165, 1.54) is 22.4 Å². The van der Waals surface area contributed by atoms with Gasteiger partial charge in [0.05, 0.1) is 11.9 Å². The summed E-state index contributed by atoms with van der Waals surface area (Å²) in [6, 6.07) is 8.52. The van der Waals surface area contributed by atoms with Gasteiger partial charge in [0, 0.05) is 25.5 Å². The molecule has 1 aliphatic heterocycles. The average molecular weight is 365 g/mol. The predicted octanol–water partition coefficient (Wildman–Crippen LogP) is 3.13. The summed E-state index contributed by atoms with van der Waals surface area (Å²) in [4.78, 5) is 18.6. The molecule has 0 spiro atoms. The molecule has 7 heteroatoms. The Hall–Kier alpha value is -3.09. The summed E-state index contributed by atoms with van der Waals surface area (Å²) in [5, 5.41) is 8.07. The van der Waals surface area contributed by atoms with Crippen LogP contribution in [0, 0.1) is 12.7 Å². The number of rotatable bonds is 3. The molecule has 0 unspecified atom stereocenters. The highest BCUT2D eigenvalue weighted by Gasteiger charge is 2.26. The van der Waals surface area contributed by atoms with E-state index in [1.54, 1.807) is 19.2 Å². The van der Waals surface area contributed by atoms with Gasteiger partial charge >= 0.3 is 0 Å². The van der Waals surface area contributed by atoms with E-state index < -0.39 is 0 Å². The lowest BCUT2D eigenvalue weighted by atomic mass is 9.90. The van der Waals surface area contributed by atoms with Gasteiger partial charge in [0.2, 0.25) is 0 Å². The fraction of sp³-hybridized carbons (Fsp3) is 0.300. The third-order valence-corrected chi connectivity index (χ3v) is 5.08. The Morgan fingerprint density at radius 1 is 1.15 bits per heavy atom. The molecule has 0 bridgehead atoms. The van der Waals surface area contributed by atoms with E-state index in [-0.39, 0.29) is 11.7 Å². The van der Waals surface area contributed by atoms with Crippen molar-refractivity contribution in [3.63, 3.8) is 0 Å². The lowest BCUT2D eigenvalue weighted by Gasteiger charge is -2.31. The summed E-state index contributed by atoms with van der Waals surface area (Å²) in [7, 11) is 0. The molecule has 138 valence electrons. The van der Waals surface area contributed by atoms with Crippen molar-refractivity contribution in [2.24, 2.45) is 0 Å². The normalized spacial score (nSPS) is 15.1. The molecular formula is C20H20FN5O. The monoisotopic (exact) mass is 365 g/mol. The molecule has 3 heterocycles. The fourth-order valence-electron chi connectivity index (χ4n) is 3.57. The lowest BCUT2D eigenvalue weighted by Crippen LogP contribution is -2.38. The third kappa shape index (κ3) is 3.58. The maximum Gasteiger partial charge on any atom is 0.276 e. The van der Waals surface area contributed by atoms with Gasteiger partial charge in [-0.25, -0.2) is 9.07 Å². The maximum atomic E-state index is 13.3. The smallest absolute Gasteiger partial charge is 0.276 e. The highest BCUT2D eigenvalue weighted by atomic mass is 19.1. The summed E-state index contributed by atoms with van der Waals surface area (Å²) in [5.74, 6) is 0.0357. The second kappa shape index (κ2) is 7.26. The fourth-order valence-corrected chi connectivity index (χ4v) is 3.57. The second-order valence-electron chi connectivity index (χ2n) is 6.83. The Morgan fingerprint density at radius 2 is 1.89 bits per heavy atom. The van der Waals surface area contributed by atoms with E-state index in [9.17, 15) is 9.18 Å². The first-order valence-electron chi connectivity index (χ1n) is 9.00. The van der Waals surface area contributed by atoms with E-state index in [2.05, 4.69) is 15.3 Å². The number of benzene rings is 1. The lowest BCUT2D eigenvalue weighted by molar-refractivity contribution is 0.0707. The quantitative estimate of drug-likeness (QED) is 0.715. The van der Waals surface area contributed by atoms with E-state index >= 15 is 0 Å². The van der Waals surface area contributed by atoms with E-state index in [4.69, 9.17) is 0 Å². The number of pyridine rings is 1. The van der Waals surface area contributed by atoms with Gasteiger partial charge in [0.1, 0.15) is 5.82 Å². The van der Waals surface area contributed by atoms with Crippen LogP contribution in [0.3, 0.4) is 0 Å². The van der Waals surface area contributed by atoms with Crippen LogP contribution in [0.5, 0.6) is 0 Å². The Bertz CT molecular complexity index is 948. The molecule has 0 radical (unpaired) electrons. The largest absolute Gasteiger partial charge is 0.337 e.